The molecule has 0 aliphatic carbocycles. The Labute approximate surface area is 84.3 Å². The second-order valence-corrected chi connectivity index (χ2v) is 2.89. The summed E-state index contributed by atoms with van der Waals surface area (Å²) in [5, 5.41) is 8.67. The Kier molecular flexibility index (Phi) is 3.54. The lowest BCUT2D eigenvalue weighted by Crippen LogP contribution is -2.19. The minimum absolute atomic E-state index is 0.451. The van der Waals surface area contributed by atoms with Crippen LogP contribution in [0.4, 0.5) is 13.2 Å². The Morgan fingerprint density at radius 2 is 2.00 bits per heavy atom. The molecular weight excluding hydrogens is 211 g/mol. The van der Waals surface area contributed by atoms with Gasteiger partial charge in [-0.05, 0) is 0 Å². The van der Waals surface area contributed by atoms with Gasteiger partial charge < -0.3 is 15.6 Å². The number of benzene rings is 1. The van der Waals surface area contributed by atoms with Crippen LogP contribution in [0, 0.1) is 17.5 Å². The van der Waals surface area contributed by atoms with Gasteiger partial charge in [-0.1, -0.05) is 0 Å². The predicted octanol–water partition coefficient (Wildman–Crippen LogP) is 1.10. The number of methoxy groups -OCH3 is 1. The van der Waals surface area contributed by atoms with E-state index in [2.05, 4.69) is 4.74 Å². The van der Waals surface area contributed by atoms with Gasteiger partial charge in [0.15, 0.2) is 23.2 Å². The smallest absolute Gasteiger partial charge is 0.173 e. The Hall–Kier alpha value is -1.27. The molecule has 1 aromatic carbocycles. The summed E-state index contributed by atoms with van der Waals surface area (Å²) in [5.74, 6) is -4.23. The molecule has 0 aromatic heterocycles. The number of nitrogens with two attached hydrogens (primary N) is 1. The molecule has 15 heavy (non-hydrogen) atoms. The van der Waals surface area contributed by atoms with Gasteiger partial charge in [0.05, 0.1) is 19.8 Å². The van der Waals surface area contributed by atoms with Crippen LogP contribution in [0.3, 0.4) is 0 Å². The Morgan fingerprint density at radius 3 is 2.47 bits per heavy atom. The molecule has 0 amide bonds. The van der Waals surface area contributed by atoms with Crippen molar-refractivity contribution in [2.45, 2.75) is 6.04 Å². The topological polar surface area (TPSA) is 55.5 Å². The number of aliphatic hydroxyl groups is 1. The number of ether oxygens (including phenoxy) is 1. The average molecular weight is 221 g/mol. The van der Waals surface area contributed by atoms with E-state index < -0.39 is 41.4 Å². The number of hydrogen-bond acceptors (Lipinski definition) is 3. The van der Waals surface area contributed by atoms with E-state index in [1.807, 2.05) is 0 Å². The molecular formula is C9H10F3NO2. The maximum Gasteiger partial charge on any atom is 0.173 e. The fourth-order valence-corrected chi connectivity index (χ4v) is 1.16. The van der Waals surface area contributed by atoms with Gasteiger partial charge in [-0.15, -0.1) is 0 Å². The van der Waals surface area contributed by atoms with Gasteiger partial charge in [0.2, 0.25) is 0 Å². The first kappa shape index (κ1) is 11.8. The van der Waals surface area contributed by atoms with Crippen molar-refractivity contribution >= 4 is 0 Å². The molecule has 0 aliphatic rings. The minimum Gasteiger partial charge on any atom is -0.494 e. The molecule has 0 heterocycles. The first-order valence-electron chi connectivity index (χ1n) is 4.10. The number of rotatable bonds is 3. The standard InChI is InChI=1S/C9H10F3NO2/c1-15-6-2-4(10)8(11)7(9(6)12)5(13)3-14/h2,5,14H,3,13H2,1H3. The molecule has 1 aromatic rings. The lowest BCUT2D eigenvalue weighted by atomic mass is 10.1. The summed E-state index contributed by atoms with van der Waals surface area (Å²) >= 11 is 0. The van der Waals surface area contributed by atoms with Crippen LogP contribution in [-0.4, -0.2) is 18.8 Å². The van der Waals surface area contributed by atoms with Crippen LogP contribution in [0.2, 0.25) is 0 Å². The molecule has 0 radical (unpaired) electrons. The van der Waals surface area contributed by atoms with Crippen LogP contribution in [0.25, 0.3) is 0 Å². The summed E-state index contributed by atoms with van der Waals surface area (Å²) in [6.45, 7) is -0.694. The van der Waals surface area contributed by atoms with Crippen molar-refractivity contribution in [3.63, 3.8) is 0 Å². The zero-order valence-corrected chi connectivity index (χ0v) is 7.93. The zero-order chi connectivity index (χ0) is 11.6. The molecule has 84 valence electrons. The molecule has 0 aliphatic heterocycles. The molecule has 3 N–H and O–H groups in total. The second kappa shape index (κ2) is 4.50. The van der Waals surface area contributed by atoms with E-state index in [4.69, 9.17) is 10.8 Å². The third-order valence-electron chi connectivity index (χ3n) is 1.94. The minimum atomic E-state index is -1.41. The molecule has 0 spiro atoms. The molecule has 1 atom stereocenters. The van der Waals surface area contributed by atoms with Gasteiger partial charge in [-0.3, -0.25) is 0 Å². The molecule has 3 nitrogen and oxygen atoms in total. The van der Waals surface area contributed by atoms with Crippen LogP contribution >= 0.6 is 0 Å². The van der Waals surface area contributed by atoms with Gasteiger partial charge in [0.25, 0.3) is 0 Å². The molecule has 1 rings (SSSR count). The quantitative estimate of drug-likeness (QED) is 0.751. The van der Waals surface area contributed by atoms with Crippen LogP contribution in [-0.2, 0) is 0 Å². The highest BCUT2D eigenvalue weighted by atomic mass is 19.2. The maximum absolute atomic E-state index is 13.4. The van der Waals surface area contributed by atoms with Crippen LogP contribution in [0.15, 0.2) is 6.07 Å². The van der Waals surface area contributed by atoms with Crippen LogP contribution in [0.1, 0.15) is 11.6 Å². The van der Waals surface area contributed by atoms with Crippen molar-refractivity contribution in [3.8, 4) is 5.75 Å². The van der Waals surface area contributed by atoms with Crippen molar-refractivity contribution in [3.05, 3.63) is 29.1 Å². The lowest BCUT2D eigenvalue weighted by molar-refractivity contribution is 0.259. The van der Waals surface area contributed by atoms with Crippen molar-refractivity contribution in [2.24, 2.45) is 5.73 Å². The van der Waals surface area contributed by atoms with Crippen molar-refractivity contribution < 1.29 is 23.0 Å². The van der Waals surface area contributed by atoms with E-state index in [0.717, 1.165) is 7.11 Å². The van der Waals surface area contributed by atoms with Gasteiger partial charge in [0, 0.05) is 11.6 Å². The highest BCUT2D eigenvalue weighted by molar-refractivity contribution is 5.35. The fraction of sp³-hybridized carbons (Fsp3) is 0.333. The first-order chi connectivity index (χ1) is 7.02. The molecule has 0 saturated heterocycles. The summed E-state index contributed by atoms with van der Waals surface area (Å²) in [6, 6.07) is -0.743. The molecule has 6 heteroatoms. The molecule has 0 saturated carbocycles. The molecule has 1 unspecified atom stereocenters. The number of aliphatic hydroxyl groups excluding tert-OH is 1. The Morgan fingerprint density at radius 1 is 1.40 bits per heavy atom. The van der Waals surface area contributed by atoms with Crippen molar-refractivity contribution in [1.29, 1.82) is 0 Å². The van der Waals surface area contributed by atoms with E-state index in [1.54, 1.807) is 0 Å². The van der Waals surface area contributed by atoms with Crippen LogP contribution in [0.5, 0.6) is 5.75 Å². The van der Waals surface area contributed by atoms with Gasteiger partial charge in [-0.2, -0.15) is 0 Å². The third kappa shape index (κ3) is 2.05. The first-order valence-corrected chi connectivity index (χ1v) is 4.10. The van der Waals surface area contributed by atoms with Crippen LogP contribution < -0.4 is 10.5 Å². The van der Waals surface area contributed by atoms with E-state index >= 15 is 0 Å². The van der Waals surface area contributed by atoms with E-state index in [0.29, 0.717) is 6.07 Å². The summed E-state index contributed by atoms with van der Waals surface area (Å²) in [6.07, 6.45) is 0. The van der Waals surface area contributed by atoms with Gasteiger partial charge in [0.1, 0.15) is 0 Å². The summed E-state index contributed by atoms with van der Waals surface area (Å²) < 4.78 is 44.0. The van der Waals surface area contributed by atoms with Gasteiger partial charge in [-0.25, -0.2) is 13.2 Å². The summed E-state index contributed by atoms with van der Waals surface area (Å²) in [4.78, 5) is 0. The monoisotopic (exact) mass is 221 g/mol. The lowest BCUT2D eigenvalue weighted by Gasteiger charge is -2.13. The summed E-state index contributed by atoms with van der Waals surface area (Å²) in [5.41, 5.74) is 4.52. The third-order valence-corrected chi connectivity index (χ3v) is 1.94. The highest BCUT2D eigenvalue weighted by Gasteiger charge is 2.23. The Bertz CT molecular complexity index is 371. The number of hydrogen-bond donors (Lipinski definition) is 2. The van der Waals surface area contributed by atoms with Gasteiger partial charge >= 0.3 is 0 Å². The second-order valence-electron chi connectivity index (χ2n) is 2.89. The zero-order valence-electron chi connectivity index (χ0n) is 7.93. The fourth-order valence-electron chi connectivity index (χ4n) is 1.16. The normalized spacial score (nSPS) is 12.7. The largest absolute Gasteiger partial charge is 0.494 e. The predicted molar refractivity (Wildman–Crippen MR) is 46.9 cm³/mol. The molecule has 0 bridgehead atoms. The molecule has 0 fully saturated rings. The average Bonchev–Trinajstić information content (AvgIpc) is 2.23. The van der Waals surface area contributed by atoms with Crippen molar-refractivity contribution in [1.82, 2.24) is 0 Å². The Balaban J connectivity index is 3.40. The van der Waals surface area contributed by atoms with E-state index in [1.165, 1.54) is 0 Å². The van der Waals surface area contributed by atoms with E-state index in [-0.39, 0.29) is 0 Å². The highest BCUT2D eigenvalue weighted by Crippen LogP contribution is 2.28. The summed E-state index contributed by atoms with van der Waals surface area (Å²) in [7, 11) is 1.12. The maximum atomic E-state index is 13.4. The van der Waals surface area contributed by atoms with E-state index in [9.17, 15) is 13.2 Å². The SMILES string of the molecule is COc1cc(F)c(F)c(C(N)CO)c1F. The van der Waals surface area contributed by atoms with Crippen molar-refractivity contribution in [2.75, 3.05) is 13.7 Å². The number of halogens is 3.